The third-order valence-electron chi connectivity index (χ3n) is 6.54. The Morgan fingerprint density at radius 3 is 2.06 bits per heavy atom. The van der Waals surface area contributed by atoms with E-state index in [2.05, 4.69) is 66.7 Å². The van der Waals surface area contributed by atoms with Gasteiger partial charge in [-0.2, -0.15) is 5.10 Å². The molecule has 4 aromatic carbocycles. The molecule has 0 saturated heterocycles. The zero-order valence-corrected chi connectivity index (χ0v) is 20.9. The minimum absolute atomic E-state index is 0.654. The summed E-state index contributed by atoms with van der Waals surface area (Å²) in [6, 6.07) is 39.6. The van der Waals surface area contributed by atoms with Crippen molar-refractivity contribution in [3.63, 3.8) is 0 Å². The van der Waals surface area contributed by atoms with Gasteiger partial charge in [-0.3, -0.25) is 4.68 Å². The van der Waals surface area contributed by atoms with Gasteiger partial charge in [-0.1, -0.05) is 115 Å². The standard InChI is InChI=1S/C32H29ClN2O/c33-31-17-8-7-16-30(31)32(35-23-10-22-34-35,28-14-5-2-6-15-28)29-20-18-26(19-21-29)13-9-24-36-25-27-11-3-1-4-12-27/h1-8,10-12,14-23H,9,13,24-25H2. The molecule has 0 aliphatic rings. The maximum absolute atomic E-state index is 6.84. The molecule has 0 aliphatic heterocycles. The molecular weight excluding hydrogens is 464 g/mol. The van der Waals surface area contributed by atoms with E-state index in [1.807, 2.05) is 65.6 Å². The first-order valence-electron chi connectivity index (χ1n) is 12.3. The summed E-state index contributed by atoms with van der Waals surface area (Å²) >= 11 is 6.84. The Morgan fingerprint density at radius 1 is 0.694 bits per heavy atom. The quantitative estimate of drug-likeness (QED) is 0.149. The second kappa shape index (κ2) is 11.4. The fourth-order valence-corrected chi connectivity index (χ4v) is 5.09. The first kappa shape index (κ1) is 24.1. The van der Waals surface area contributed by atoms with Crippen LogP contribution in [0.3, 0.4) is 0 Å². The SMILES string of the molecule is Clc1ccccc1C(c1ccccc1)(c1ccc(CCCOCc2ccccc2)cc1)n1cccn1. The van der Waals surface area contributed by atoms with E-state index in [1.54, 1.807) is 0 Å². The number of aromatic nitrogens is 2. The molecule has 1 atom stereocenters. The molecule has 5 rings (SSSR count). The lowest BCUT2D eigenvalue weighted by molar-refractivity contribution is 0.118. The predicted octanol–water partition coefficient (Wildman–Crippen LogP) is 7.53. The van der Waals surface area contributed by atoms with Crippen LogP contribution in [0.1, 0.15) is 34.2 Å². The number of aryl methyl sites for hydroxylation is 1. The molecule has 0 aliphatic carbocycles. The number of ether oxygens (including phenoxy) is 1. The number of hydrogen-bond donors (Lipinski definition) is 0. The minimum atomic E-state index is -0.694. The number of halogens is 1. The Balaban J connectivity index is 1.42. The van der Waals surface area contributed by atoms with E-state index < -0.39 is 5.54 Å². The van der Waals surface area contributed by atoms with Crippen LogP contribution < -0.4 is 0 Å². The normalized spacial score (nSPS) is 12.8. The summed E-state index contributed by atoms with van der Waals surface area (Å²) in [5.41, 5.74) is 4.99. The van der Waals surface area contributed by atoms with Crippen molar-refractivity contribution in [2.75, 3.05) is 6.61 Å². The highest BCUT2D eigenvalue weighted by atomic mass is 35.5. The van der Waals surface area contributed by atoms with Gasteiger partial charge in [0.2, 0.25) is 0 Å². The van der Waals surface area contributed by atoms with Gasteiger partial charge in [0, 0.05) is 29.6 Å². The third-order valence-corrected chi connectivity index (χ3v) is 6.87. The van der Waals surface area contributed by atoms with Gasteiger partial charge in [-0.05, 0) is 47.2 Å². The summed E-state index contributed by atoms with van der Waals surface area (Å²) in [5.74, 6) is 0. The van der Waals surface area contributed by atoms with Crippen LogP contribution in [0, 0.1) is 0 Å². The van der Waals surface area contributed by atoms with Gasteiger partial charge < -0.3 is 4.74 Å². The number of nitrogens with zero attached hydrogens (tertiary/aromatic N) is 2. The van der Waals surface area contributed by atoms with Crippen molar-refractivity contribution in [2.45, 2.75) is 25.0 Å². The van der Waals surface area contributed by atoms with Gasteiger partial charge in [0.1, 0.15) is 5.54 Å². The monoisotopic (exact) mass is 492 g/mol. The van der Waals surface area contributed by atoms with Crippen molar-refractivity contribution in [3.8, 4) is 0 Å². The molecule has 0 radical (unpaired) electrons. The lowest BCUT2D eigenvalue weighted by Crippen LogP contribution is -2.38. The fraction of sp³-hybridized carbons (Fsp3) is 0.156. The van der Waals surface area contributed by atoms with Crippen LogP contribution >= 0.6 is 11.6 Å². The number of hydrogen-bond acceptors (Lipinski definition) is 2. The van der Waals surface area contributed by atoms with Gasteiger partial charge in [0.05, 0.1) is 6.61 Å². The van der Waals surface area contributed by atoms with Crippen molar-refractivity contribution in [2.24, 2.45) is 0 Å². The van der Waals surface area contributed by atoms with Crippen molar-refractivity contribution >= 4 is 11.6 Å². The number of rotatable bonds is 10. The molecule has 0 fully saturated rings. The molecule has 4 heteroatoms. The summed E-state index contributed by atoms with van der Waals surface area (Å²) < 4.78 is 7.88. The van der Waals surface area contributed by atoms with Crippen LogP contribution in [-0.4, -0.2) is 16.4 Å². The molecule has 0 spiro atoms. The molecule has 0 amide bonds. The van der Waals surface area contributed by atoms with Gasteiger partial charge in [0.15, 0.2) is 0 Å². The van der Waals surface area contributed by atoms with Crippen LogP contribution in [0.2, 0.25) is 5.02 Å². The molecule has 3 nitrogen and oxygen atoms in total. The van der Waals surface area contributed by atoms with E-state index >= 15 is 0 Å². The molecule has 0 bridgehead atoms. The van der Waals surface area contributed by atoms with Crippen molar-refractivity contribution < 1.29 is 4.74 Å². The van der Waals surface area contributed by atoms with Gasteiger partial charge in [-0.15, -0.1) is 0 Å². The van der Waals surface area contributed by atoms with E-state index in [0.717, 1.165) is 36.1 Å². The highest BCUT2D eigenvalue weighted by Crippen LogP contribution is 2.43. The minimum Gasteiger partial charge on any atom is -0.377 e. The average molecular weight is 493 g/mol. The van der Waals surface area contributed by atoms with E-state index in [9.17, 15) is 0 Å². The predicted molar refractivity (Wildman–Crippen MR) is 146 cm³/mol. The lowest BCUT2D eigenvalue weighted by Gasteiger charge is -2.37. The first-order valence-corrected chi connectivity index (χ1v) is 12.7. The summed E-state index contributed by atoms with van der Waals surface area (Å²) in [7, 11) is 0. The number of benzene rings is 4. The second-order valence-corrected chi connectivity index (χ2v) is 9.25. The second-order valence-electron chi connectivity index (χ2n) is 8.85. The van der Waals surface area contributed by atoms with E-state index in [0.29, 0.717) is 11.6 Å². The summed E-state index contributed by atoms with van der Waals surface area (Å²) in [6.07, 6.45) is 5.76. The molecule has 5 aromatic rings. The molecule has 0 saturated carbocycles. The zero-order chi connectivity index (χ0) is 24.6. The summed E-state index contributed by atoms with van der Waals surface area (Å²) in [4.78, 5) is 0. The average Bonchev–Trinajstić information content (AvgIpc) is 3.47. The largest absolute Gasteiger partial charge is 0.377 e. The smallest absolute Gasteiger partial charge is 0.139 e. The molecule has 36 heavy (non-hydrogen) atoms. The van der Waals surface area contributed by atoms with Crippen molar-refractivity contribution in [1.82, 2.24) is 9.78 Å². The Labute approximate surface area is 218 Å². The van der Waals surface area contributed by atoms with Crippen LogP contribution in [0.5, 0.6) is 0 Å². The molecule has 1 aromatic heterocycles. The van der Waals surface area contributed by atoms with Crippen molar-refractivity contribution in [1.29, 1.82) is 0 Å². The van der Waals surface area contributed by atoms with Crippen LogP contribution in [0.4, 0.5) is 0 Å². The zero-order valence-electron chi connectivity index (χ0n) is 20.1. The maximum atomic E-state index is 6.84. The molecule has 1 unspecified atom stereocenters. The lowest BCUT2D eigenvalue weighted by atomic mass is 9.76. The Bertz CT molecular complexity index is 1350. The van der Waals surface area contributed by atoms with E-state index in [-0.39, 0.29) is 0 Å². The van der Waals surface area contributed by atoms with Crippen molar-refractivity contribution in [3.05, 3.63) is 160 Å². The Kier molecular flexibility index (Phi) is 7.61. The van der Waals surface area contributed by atoms with Gasteiger partial charge in [0.25, 0.3) is 0 Å². The fourth-order valence-electron chi connectivity index (χ4n) is 4.82. The van der Waals surface area contributed by atoms with E-state index in [1.165, 1.54) is 11.1 Å². The molecule has 1 heterocycles. The molecular formula is C32H29ClN2O. The Morgan fingerprint density at radius 2 is 1.36 bits per heavy atom. The Hall–Kier alpha value is -3.66. The molecule has 0 N–H and O–H groups in total. The summed E-state index contributed by atoms with van der Waals surface area (Å²) in [6.45, 7) is 1.39. The third kappa shape index (κ3) is 4.99. The maximum Gasteiger partial charge on any atom is 0.139 e. The topological polar surface area (TPSA) is 27.1 Å². The van der Waals surface area contributed by atoms with Gasteiger partial charge >= 0.3 is 0 Å². The van der Waals surface area contributed by atoms with Crippen LogP contribution in [-0.2, 0) is 23.3 Å². The molecule has 180 valence electrons. The first-order chi connectivity index (χ1) is 17.8. The highest BCUT2D eigenvalue weighted by molar-refractivity contribution is 6.31. The van der Waals surface area contributed by atoms with E-state index in [4.69, 9.17) is 21.4 Å². The van der Waals surface area contributed by atoms with Crippen LogP contribution in [0.15, 0.2) is 128 Å². The van der Waals surface area contributed by atoms with Gasteiger partial charge in [-0.25, -0.2) is 0 Å². The summed E-state index contributed by atoms with van der Waals surface area (Å²) in [5, 5.41) is 5.42. The van der Waals surface area contributed by atoms with Crippen LogP contribution in [0.25, 0.3) is 0 Å². The highest BCUT2D eigenvalue weighted by Gasteiger charge is 2.40.